The van der Waals surface area contributed by atoms with Gasteiger partial charge in [-0.3, -0.25) is 0 Å². The number of hydrogen-bond acceptors (Lipinski definition) is 8. The topological polar surface area (TPSA) is 92.9 Å². The lowest BCUT2D eigenvalue weighted by atomic mass is 10.1. The van der Waals surface area contributed by atoms with Crippen LogP contribution in [0.1, 0.15) is 23.0 Å². The van der Waals surface area contributed by atoms with Crippen LogP contribution in [-0.2, 0) is 11.3 Å². The number of carbonyl (C=O) groups is 1. The highest BCUT2D eigenvalue weighted by Crippen LogP contribution is 2.34. The molecular formula is C20H18N2O6. The van der Waals surface area contributed by atoms with E-state index in [0.29, 0.717) is 42.8 Å². The van der Waals surface area contributed by atoms with Gasteiger partial charge in [0.15, 0.2) is 17.3 Å². The summed E-state index contributed by atoms with van der Waals surface area (Å²) < 4.78 is 27.1. The first-order chi connectivity index (χ1) is 13.7. The molecule has 3 aromatic rings. The van der Waals surface area contributed by atoms with Crippen LogP contribution in [0.2, 0.25) is 0 Å². The number of aromatic nitrogens is 2. The second-order valence-corrected chi connectivity index (χ2v) is 5.91. The van der Waals surface area contributed by atoms with Crippen molar-refractivity contribution in [1.82, 2.24) is 10.1 Å². The first kappa shape index (κ1) is 17.8. The standard InChI is InChI=1S/C20H18N2O6/c1-2-24-19-15(4-3-7-21-19)20(23)27-12-14-11-17(28-22-14)13-5-6-16-18(10-13)26-9-8-25-16/h3-7,10-11H,2,8-9,12H2,1H3. The number of hydrogen-bond donors (Lipinski definition) is 0. The van der Waals surface area contributed by atoms with Gasteiger partial charge >= 0.3 is 5.97 Å². The summed E-state index contributed by atoms with van der Waals surface area (Å²) >= 11 is 0. The van der Waals surface area contributed by atoms with E-state index in [1.54, 1.807) is 24.4 Å². The van der Waals surface area contributed by atoms with Crippen LogP contribution >= 0.6 is 0 Å². The van der Waals surface area contributed by atoms with Crippen LogP contribution in [0.3, 0.4) is 0 Å². The van der Waals surface area contributed by atoms with Crippen molar-refractivity contribution < 1.29 is 28.3 Å². The minimum atomic E-state index is -0.541. The molecule has 0 spiro atoms. The number of esters is 1. The minimum absolute atomic E-state index is 0.0344. The highest BCUT2D eigenvalue weighted by atomic mass is 16.6. The quantitative estimate of drug-likeness (QED) is 0.600. The van der Waals surface area contributed by atoms with E-state index >= 15 is 0 Å². The highest BCUT2D eigenvalue weighted by Gasteiger charge is 2.17. The monoisotopic (exact) mass is 382 g/mol. The number of carbonyl (C=O) groups excluding carboxylic acids is 1. The van der Waals surface area contributed by atoms with Crippen LogP contribution in [0.15, 0.2) is 47.1 Å². The summed E-state index contributed by atoms with van der Waals surface area (Å²) in [4.78, 5) is 16.4. The van der Waals surface area contributed by atoms with E-state index in [9.17, 15) is 4.79 Å². The first-order valence-corrected chi connectivity index (χ1v) is 8.85. The maximum Gasteiger partial charge on any atom is 0.344 e. The summed E-state index contributed by atoms with van der Waals surface area (Å²) in [5.74, 6) is 1.60. The molecule has 0 aliphatic carbocycles. The summed E-state index contributed by atoms with van der Waals surface area (Å²) in [5.41, 5.74) is 1.54. The number of pyridine rings is 1. The zero-order chi connectivity index (χ0) is 19.3. The Labute approximate surface area is 161 Å². The number of ether oxygens (including phenoxy) is 4. The fourth-order valence-electron chi connectivity index (χ4n) is 2.73. The fraction of sp³-hybridized carbons (Fsp3) is 0.250. The van der Waals surface area contributed by atoms with Gasteiger partial charge in [-0.1, -0.05) is 5.16 Å². The van der Waals surface area contributed by atoms with Crippen LogP contribution in [0.25, 0.3) is 11.3 Å². The molecule has 0 saturated carbocycles. The minimum Gasteiger partial charge on any atom is -0.486 e. The zero-order valence-corrected chi connectivity index (χ0v) is 15.2. The fourth-order valence-corrected chi connectivity index (χ4v) is 2.73. The molecule has 0 saturated heterocycles. The normalized spacial score (nSPS) is 12.5. The van der Waals surface area contributed by atoms with E-state index in [2.05, 4.69) is 10.1 Å². The number of fused-ring (bicyclic) bond motifs is 1. The van der Waals surface area contributed by atoms with Crippen LogP contribution in [-0.4, -0.2) is 35.9 Å². The predicted molar refractivity (Wildman–Crippen MR) is 97.5 cm³/mol. The van der Waals surface area contributed by atoms with Gasteiger partial charge in [0.05, 0.1) is 6.61 Å². The van der Waals surface area contributed by atoms with E-state index in [-0.39, 0.29) is 18.1 Å². The van der Waals surface area contributed by atoms with Gasteiger partial charge < -0.3 is 23.5 Å². The smallest absolute Gasteiger partial charge is 0.344 e. The molecule has 1 aromatic carbocycles. The third-order valence-electron chi connectivity index (χ3n) is 4.01. The van der Waals surface area contributed by atoms with Gasteiger partial charge in [-0.2, -0.15) is 0 Å². The van der Waals surface area contributed by atoms with Crippen molar-refractivity contribution in [2.75, 3.05) is 19.8 Å². The Morgan fingerprint density at radius 3 is 2.86 bits per heavy atom. The molecule has 0 atom stereocenters. The molecular weight excluding hydrogens is 364 g/mol. The van der Waals surface area contributed by atoms with Gasteiger partial charge in [0.1, 0.15) is 31.1 Å². The third-order valence-corrected chi connectivity index (χ3v) is 4.01. The Morgan fingerprint density at radius 2 is 2.00 bits per heavy atom. The molecule has 1 aliphatic rings. The Balaban J connectivity index is 1.43. The van der Waals surface area contributed by atoms with E-state index in [1.807, 2.05) is 25.1 Å². The van der Waals surface area contributed by atoms with Crippen molar-refractivity contribution in [3.05, 3.63) is 53.9 Å². The molecule has 0 N–H and O–H groups in total. The van der Waals surface area contributed by atoms with Crippen LogP contribution in [0, 0.1) is 0 Å². The van der Waals surface area contributed by atoms with Gasteiger partial charge in [0.25, 0.3) is 0 Å². The molecule has 8 nitrogen and oxygen atoms in total. The summed E-state index contributed by atoms with van der Waals surface area (Å²) in [6, 6.07) is 10.5. The molecule has 3 heterocycles. The van der Waals surface area contributed by atoms with Crippen molar-refractivity contribution in [1.29, 1.82) is 0 Å². The second-order valence-electron chi connectivity index (χ2n) is 5.91. The largest absolute Gasteiger partial charge is 0.486 e. The number of rotatable bonds is 6. The van der Waals surface area contributed by atoms with Crippen molar-refractivity contribution in [3.8, 4) is 28.7 Å². The van der Waals surface area contributed by atoms with Crippen molar-refractivity contribution in [2.24, 2.45) is 0 Å². The Kier molecular flexibility index (Phi) is 5.09. The average Bonchev–Trinajstić information content (AvgIpc) is 3.21. The number of nitrogens with zero attached hydrogens (tertiary/aromatic N) is 2. The maximum atomic E-state index is 12.3. The van der Waals surface area contributed by atoms with Crippen LogP contribution in [0.4, 0.5) is 0 Å². The van der Waals surface area contributed by atoms with Gasteiger partial charge in [0.2, 0.25) is 5.88 Å². The van der Waals surface area contributed by atoms with E-state index in [4.69, 9.17) is 23.5 Å². The molecule has 2 aromatic heterocycles. The molecule has 0 radical (unpaired) electrons. The third kappa shape index (κ3) is 3.75. The van der Waals surface area contributed by atoms with Gasteiger partial charge in [-0.05, 0) is 37.3 Å². The molecule has 0 bridgehead atoms. The molecule has 1 aliphatic heterocycles. The molecule has 0 fully saturated rings. The molecule has 144 valence electrons. The predicted octanol–water partition coefficient (Wildman–Crippen LogP) is 3.26. The highest BCUT2D eigenvalue weighted by molar-refractivity contribution is 5.91. The Bertz CT molecular complexity index is 984. The summed E-state index contributed by atoms with van der Waals surface area (Å²) in [6.45, 7) is 3.23. The molecule has 0 unspecified atom stereocenters. The molecule has 8 heteroatoms. The van der Waals surface area contributed by atoms with Gasteiger partial charge in [-0.15, -0.1) is 0 Å². The SMILES string of the molecule is CCOc1ncccc1C(=O)OCc1cc(-c2ccc3c(c2)OCCO3)on1. The number of benzene rings is 1. The van der Waals surface area contributed by atoms with E-state index in [0.717, 1.165) is 5.56 Å². The second kappa shape index (κ2) is 7.99. The summed E-state index contributed by atoms with van der Waals surface area (Å²) in [6.07, 6.45) is 1.55. The first-order valence-electron chi connectivity index (χ1n) is 8.85. The van der Waals surface area contributed by atoms with E-state index < -0.39 is 5.97 Å². The lowest BCUT2D eigenvalue weighted by Crippen LogP contribution is -2.15. The lowest BCUT2D eigenvalue weighted by molar-refractivity contribution is 0.0459. The van der Waals surface area contributed by atoms with Crippen LogP contribution < -0.4 is 14.2 Å². The molecule has 4 rings (SSSR count). The summed E-state index contributed by atoms with van der Waals surface area (Å²) in [5, 5.41) is 3.96. The lowest BCUT2D eigenvalue weighted by Gasteiger charge is -2.18. The maximum absolute atomic E-state index is 12.3. The average molecular weight is 382 g/mol. The summed E-state index contributed by atoms with van der Waals surface area (Å²) in [7, 11) is 0. The van der Waals surface area contributed by atoms with Crippen molar-refractivity contribution in [2.45, 2.75) is 13.5 Å². The molecule has 0 amide bonds. The van der Waals surface area contributed by atoms with E-state index in [1.165, 1.54) is 0 Å². The van der Waals surface area contributed by atoms with Crippen LogP contribution in [0.5, 0.6) is 17.4 Å². The Morgan fingerprint density at radius 1 is 1.14 bits per heavy atom. The van der Waals surface area contributed by atoms with Gasteiger partial charge in [0, 0.05) is 17.8 Å². The van der Waals surface area contributed by atoms with Crippen molar-refractivity contribution >= 4 is 5.97 Å². The van der Waals surface area contributed by atoms with Gasteiger partial charge in [-0.25, -0.2) is 9.78 Å². The Hall–Kier alpha value is -3.55. The molecule has 28 heavy (non-hydrogen) atoms. The van der Waals surface area contributed by atoms with Crippen molar-refractivity contribution in [3.63, 3.8) is 0 Å². The zero-order valence-electron chi connectivity index (χ0n) is 15.2.